The molecule has 0 saturated heterocycles. The third-order valence-electron chi connectivity index (χ3n) is 6.72. The average Bonchev–Trinajstić information content (AvgIpc) is 3.35. The van der Waals surface area contributed by atoms with Gasteiger partial charge in [0.1, 0.15) is 23.1 Å². The van der Waals surface area contributed by atoms with Crippen LogP contribution in [0.1, 0.15) is 32.1 Å². The zero-order valence-electron chi connectivity index (χ0n) is 22.6. The molecule has 0 radical (unpaired) electrons. The number of rotatable bonds is 9. The molecule has 5 aromatic rings. The fourth-order valence-electron chi connectivity index (χ4n) is 4.65. The second kappa shape index (κ2) is 11.5. The van der Waals surface area contributed by atoms with E-state index in [1.54, 1.807) is 24.3 Å². The monoisotopic (exact) mass is 604 g/mol. The number of hydrogen-bond donors (Lipinski definition) is 4. The summed E-state index contributed by atoms with van der Waals surface area (Å²) in [5.74, 6) is -3.63. The largest absolute Gasteiger partial charge is 0.504 e. The standard InChI is InChI=1S/C29H25FN6O6S/c1-43(41,42)36-15-17(19-5-2-3-7-22(19)36)13-21(27(31)38)34-29(40)24-20-6-4-12-32-23(20)26(37)25(35-24)28(39)33-14-16-8-10-18(30)11-9-16/h2-12,15,21,37H,13-14H2,1H3,(H2,31,38)(H,33,39)(H,34,40)/t21-/m0/s1. The Hall–Kier alpha value is -5.37. The zero-order valence-corrected chi connectivity index (χ0v) is 23.4. The van der Waals surface area contributed by atoms with Gasteiger partial charge in [-0.3, -0.25) is 19.4 Å². The maximum atomic E-state index is 13.5. The van der Waals surface area contributed by atoms with Gasteiger partial charge in [0, 0.05) is 36.1 Å². The number of fused-ring (bicyclic) bond motifs is 2. The molecule has 3 amide bonds. The lowest BCUT2D eigenvalue weighted by Gasteiger charge is -2.17. The second-order valence-corrected chi connectivity index (χ2v) is 11.6. The molecular weight excluding hydrogens is 579 g/mol. The highest BCUT2D eigenvalue weighted by Gasteiger charge is 2.27. The number of carbonyl (C=O) groups is 3. The molecule has 0 fully saturated rings. The van der Waals surface area contributed by atoms with E-state index in [4.69, 9.17) is 5.73 Å². The molecule has 1 atom stereocenters. The number of carbonyl (C=O) groups excluding carboxylic acids is 3. The summed E-state index contributed by atoms with van der Waals surface area (Å²) in [4.78, 5) is 47.2. The molecule has 14 heteroatoms. The van der Waals surface area contributed by atoms with Crippen LogP contribution in [0.4, 0.5) is 4.39 Å². The number of aromatic hydroxyl groups is 1. The first-order chi connectivity index (χ1) is 20.4. The van der Waals surface area contributed by atoms with Gasteiger partial charge in [-0.1, -0.05) is 30.3 Å². The zero-order chi connectivity index (χ0) is 30.9. The van der Waals surface area contributed by atoms with Crippen LogP contribution in [0.15, 0.2) is 73.1 Å². The molecule has 12 nitrogen and oxygen atoms in total. The molecule has 3 heterocycles. The van der Waals surface area contributed by atoms with Gasteiger partial charge in [0.05, 0.1) is 11.8 Å². The smallest absolute Gasteiger partial charge is 0.274 e. The Morgan fingerprint density at radius 2 is 1.70 bits per heavy atom. The van der Waals surface area contributed by atoms with Gasteiger partial charge >= 0.3 is 0 Å². The molecule has 0 aliphatic rings. The Morgan fingerprint density at radius 1 is 1.00 bits per heavy atom. The van der Waals surface area contributed by atoms with Crippen molar-refractivity contribution in [2.45, 2.75) is 19.0 Å². The molecule has 2 aromatic carbocycles. The van der Waals surface area contributed by atoms with Gasteiger partial charge in [-0.05, 0) is 41.5 Å². The lowest BCUT2D eigenvalue weighted by atomic mass is 10.0. The van der Waals surface area contributed by atoms with Crippen LogP contribution in [0.25, 0.3) is 21.8 Å². The number of aromatic nitrogens is 3. The first-order valence-corrected chi connectivity index (χ1v) is 14.7. The molecule has 220 valence electrons. The minimum atomic E-state index is -3.68. The number of primary amides is 1. The Kier molecular flexibility index (Phi) is 7.78. The molecule has 0 spiro atoms. The number of para-hydroxylation sites is 1. The van der Waals surface area contributed by atoms with Crippen molar-refractivity contribution in [3.05, 3.63) is 101 Å². The molecule has 0 bridgehead atoms. The maximum Gasteiger partial charge on any atom is 0.274 e. The van der Waals surface area contributed by atoms with Gasteiger partial charge in [0.15, 0.2) is 11.4 Å². The van der Waals surface area contributed by atoms with Crippen LogP contribution in [0.3, 0.4) is 0 Å². The van der Waals surface area contributed by atoms with E-state index in [0.29, 0.717) is 22.0 Å². The van der Waals surface area contributed by atoms with Gasteiger partial charge in [-0.2, -0.15) is 0 Å². The topological polar surface area (TPSA) is 186 Å². The lowest BCUT2D eigenvalue weighted by molar-refractivity contribution is -0.119. The Bertz CT molecular complexity index is 2010. The summed E-state index contributed by atoms with van der Waals surface area (Å²) in [6, 6.07) is 13.7. The summed E-state index contributed by atoms with van der Waals surface area (Å²) in [6.07, 6.45) is 3.61. The molecule has 5 N–H and O–H groups in total. The summed E-state index contributed by atoms with van der Waals surface area (Å²) in [5.41, 5.74) is 6.15. The number of amides is 3. The van der Waals surface area contributed by atoms with Crippen LogP contribution in [-0.2, 0) is 27.8 Å². The van der Waals surface area contributed by atoms with Gasteiger partial charge < -0.3 is 21.5 Å². The molecule has 0 aliphatic carbocycles. The summed E-state index contributed by atoms with van der Waals surface area (Å²) in [7, 11) is -3.68. The molecule has 43 heavy (non-hydrogen) atoms. The van der Waals surface area contributed by atoms with Crippen LogP contribution in [0, 0.1) is 5.82 Å². The molecular formula is C29H25FN6O6S. The number of nitrogens with two attached hydrogens (primary N) is 1. The third kappa shape index (κ3) is 5.99. The lowest BCUT2D eigenvalue weighted by Crippen LogP contribution is -2.46. The number of pyridine rings is 2. The molecule has 0 unspecified atom stereocenters. The van der Waals surface area contributed by atoms with Crippen molar-refractivity contribution in [1.29, 1.82) is 0 Å². The van der Waals surface area contributed by atoms with Crippen LogP contribution in [0.2, 0.25) is 0 Å². The van der Waals surface area contributed by atoms with E-state index in [9.17, 15) is 32.3 Å². The SMILES string of the molecule is CS(=O)(=O)n1cc(C[C@H](NC(=O)c2nc(C(=O)NCc3ccc(F)cc3)c(O)c3ncccc23)C(N)=O)c2ccccc21. The minimum absolute atomic E-state index is 0.0210. The predicted molar refractivity (Wildman–Crippen MR) is 155 cm³/mol. The van der Waals surface area contributed by atoms with Crippen LogP contribution < -0.4 is 16.4 Å². The maximum absolute atomic E-state index is 13.5. The number of halogens is 1. The van der Waals surface area contributed by atoms with E-state index in [0.717, 1.165) is 10.2 Å². The van der Waals surface area contributed by atoms with E-state index in [1.807, 2.05) is 0 Å². The van der Waals surface area contributed by atoms with Gasteiger partial charge in [-0.25, -0.2) is 21.8 Å². The van der Waals surface area contributed by atoms with E-state index >= 15 is 0 Å². The van der Waals surface area contributed by atoms with Gasteiger partial charge in [0.25, 0.3) is 11.8 Å². The van der Waals surface area contributed by atoms with Crippen molar-refractivity contribution in [3.63, 3.8) is 0 Å². The molecule has 5 rings (SSSR count). The predicted octanol–water partition coefficient (Wildman–Crippen LogP) is 1.99. The Balaban J connectivity index is 1.46. The Morgan fingerprint density at radius 3 is 2.40 bits per heavy atom. The highest BCUT2D eigenvalue weighted by Crippen LogP contribution is 2.28. The number of hydrogen-bond acceptors (Lipinski definition) is 8. The summed E-state index contributed by atoms with van der Waals surface area (Å²) in [6.45, 7) is -0.0210. The second-order valence-electron chi connectivity index (χ2n) is 9.73. The summed E-state index contributed by atoms with van der Waals surface area (Å²) >= 11 is 0. The fraction of sp³-hybridized carbons (Fsp3) is 0.138. The number of nitrogens with one attached hydrogen (secondary N) is 2. The van der Waals surface area contributed by atoms with E-state index in [2.05, 4.69) is 20.6 Å². The van der Waals surface area contributed by atoms with Crippen molar-refractivity contribution >= 4 is 49.6 Å². The third-order valence-corrected chi connectivity index (χ3v) is 7.74. The first-order valence-electron chi connectivity index (χ1n) is 12.8. The van der Waals surface area contributed by atoms with E-state index in [-0.39, 0.29) is 29.6 Å². The van der Waals surface area contributed by atoms with Crippen LogP contribution >= 0.6 is 0 Å². The Labute approximate surface area is 244 Å². The normalized spacial score (nSPS) is 12.2. The van der Waals surface area contributed by atoms with Crippen LogP contribution in [-0.4, -0.2) is 57.5 Å². The van der Waals surface area contributed by atoms with E-state index in [1.165, 1.54) is 48.8 Å². The van der Waals surface area contributed by atoms with Crippen LogP contribution in [0.5, 0.6) is 5.75 Å². The first kappa shape index (κ1) is 29.1. The number of benzene rings is 2. The fourth-order valence-corrected chi connectivity index (χ4v) is 5.48. The highest BCUT2D eigenvalue weighted by molar-refractivity contribution is 7.89. The van der Waals surface area contributed by atoms with Crippen molar-refractivity contribution < 1.29 is 32.3 Å². The minimum Gasteiger partial charge on any atom is -0.504 e. The van der Waals surface area contributed by atoms with Gasteiger partial charge in [-0.15, -0.1) is 0 Å². The molecule has 0 aliphatic heterocycles. The number of nitrogens with zero attached hydrogens (tertiary/aromatic N) is 3. The average molecular weight is 605 g/mol. The summed E-state index contributed by atoms with van der Waals surface area (Å²) < 4.78 is 39.0. The van der Waals surface area contributed by atoms with Crippen molar-refractivity contribution in [1.82, 2.24) is 24.6 Å². The van der Waals surface area contributed by atoms with Gasteiger partial charge in [0.2, 0.25) is 15.9 Å². The van der Waals surface area contributed by atoms with E-state index < -0.39 is 51.0 Å². The highest BCUT2D eigenvalue weighted by atomic mass is 32.2. The van der Waals surface area contributed by atoms with Crippen molar-refractivity contribution in [2.75, 3.05) is 6.26 Å². The summed E-state index contributed by atoms with van der Waals surface area (Å²) in [5, 5.41) is 16.5. The van der Waals surface area contributed by atoms with Crippen molar-refractivity contribution in [2.24, 2.45) is 5.73 Å². The van der Waals surface area contributed by atoms with Crippen molar-refractivity contribution in [3.8, 4) is 5.75 Å². The molecule has 3 aromatic heterocycles. The molecule has 0 saturated carbocycles. The quantitative estimate of drug-likeness (QED) is 0.197.